The van der Waals surface area contributed by atoms with E-state index < -0.39 is 104 Å². The zero-order valence-electron chi connectivity index (χ0n) is 26.5. The summed E-state index contributed by atoms with van der Waals surface area (Å²) in [5.41, 5.74) is 6.02. The quantitative estimate of drug-likeness (QED) is 0.0670. The average molecular weight is 703 g/mol. The summed E-state index contributed by atoms with van der Waals surface area (Å²) in [6, 6.07) is 4.25. The monoisotopic (exact) mass is 702 g/mol. The standard InChI is InChI=1S/C31H38N6O13/c32-14-24(40)33-15-25(41)34-21(11-16-1-5-18(38)6-2-16)29(47)36-22(13-27(44)45)30(48)35-20(9-10-26(42)43)28(46)37-23(31(49)50)12-17-3-7-19(39)8-4-17/h1-8,20-23,38-39H,9-15,32H2,(H,33,40)(H,34,41)(H,35,48)(H,36,47)(H,37,46)(H,42,43)(H,44,45)(H,49,50)/t20-,21-,22-,23-/m0/s1. The first-order valence-corrected chi connectivity index (χ1v) is 15.0. The van der Waals surface area contributed by atoms with Crippen molar-refractivity contribution in [3.63, 3.8) is 0 Å². The molecular formula is C31H38N6O13. The van der Waals surface area contributed by atoms with Crippen LogP contribution in [0.1, 0.15) is 30.4 Å². The predicted octanol–water partition coefficient (Wildman–Crippen LogP) is -2.68. The predicted molar refractivity (Wildman–Crippen MR) is 170 cm³/mol. The molecule has 19 heteroatoms. The van der Waals surface area contributed by atoms with Gasteiger partial charge in [-0.3, -0.25) is 33.6 Å². The third-order valence-corrected chi connectivity index (χ3v) is 6.94. The molecule has 0 heterocycles. The third kappa shape index (κ3) is 14.3. The highest BCUT2D eigenvalue weighted by Gasteiger charge is 2.33. The Morgan fingerprint density at radius 2 is 1.04 bits per heavy atom. The molecular weight excluding hydrogens is 664 g/mol. The molecule has 50 heavy (non-hydrogen) atoms. The Morgan fingerprint density at radius 3 is 1.52 bits per heavy atom. The number of carboxylic acids is 3. The van der Waals surface area contributed by atoms with Gasteiger partial charge in [-0.25, -0.2) is 4.79 Å². The topological polar surface area (TPSA) is 324 Å². The Balaban J connectivity index is 2.29. The van der Waals surface area contributed by atoms with Gasteiger partial charge in [-0.05, 0) is 41.8 Å². The van der Waals surface area contributed by atoms with Gasteiger partial charge >= 0.3 is 17.9 Å². The van der Waals surface area contributed by atoms with Crippen LogP contribution in [0.4, 0.5) is 0 Å². The summed E-state index contributed by atoms with van der Waals surface area (Å²) >= 11 is 0. The maximum absolute atomic E-state index is 13.4. The van der Waals surface area contributed by atoms with Gasteiger partial charge in [-0.15, -0.1) is 0 Å². The number of hydrogen-bond donors (Lipinski definition) is 11. The van der Waals surface area contributed by atoms with Crippen LogP contribution in [0.15, 0.2) is 48.5 Å². The van der Waals surface area contributed by atoms with Gasteiger partial charge in [0.1, 0.15) is 35.7 Å². The number of phenols is 2. The van der Waals surface area contributed by atoms with Crippen molar-refractivity contribution in [1.29, 1.82) is 0 Å². The number of rotatable bonds is 20. The maximum atomic E-state index is 13.4. The van der Waals surface area contributed by atoms with Crippen molar-refractivity contribution in [2.45, 2.75) is 56.3 Å². The Labute approximate surface area is 284 Å². The van der Waals surface area contributed by atoms with E-state index in [0.29, 0.717) is 11.1 Å². The Hall–Kier alpha value is -6.24. The van der Waals surface area contributed by atoms with Crippen LogP contribution in [0.2, 0.25) is 0 Å². The van der Waals surface area contributed by atoms with Gasteiger partial charge in [0.2, 0.25) is 29.5 Å². The molecule has 2 aromatic rings. The number of amides is 5. The van der Waals surface area contributed by atoms with E-state index in [1.54, 1.807) is 0 Å². The summed E-state index contributed by atoms with van der Waals surface area (Å²) in [4.78, 5) is 98.8. The van der Waals surface area contributed by atoms with Gasteiger partial charge in [-0.1, -0.05) is 24.3 Å². The molecule has 5 amide bonds. The van der Waals surface area contributed by atoms with Crippen LogP contribution in [0.3, 0.4) is 0 Å². The molecule has 0 saturated heterocycles. The lowest BCUT2D eigenvalue weighted by Crippen LogP contribution is -2.59. The maximum Gasteiger partial charge on any atom is 0.326 e. The van der Waals surface area contributed by atoms with E-state index in [-0.39, 0.29) is 24.3 Å². The normalized spacial score (nSPS) is 13.0. The minimum atomic E-state index is -1.89. The van der Waals surface area contributed by atoms with E-state index in [2.05, 4.69) is 26.6 Å². The fourth-order valence-electron chi connectivity index (χ4n) is 4.38. The van der Waals surface area contributed by atoms with Crippen molar-refractivity contribution in [3.8, 4) is 11.5 Å². The van der Waals surface area contributed by atoms with Gasteiger partial charge in [0.05, 0.1) is 19.5 Å². The zero-order chi connectivity index (χ0) is 37.4. The number of nitrogens with one attached hydrogen (secondary N) is 5. The molecule has 0 saturated carbocycles. The van der Waals surface area contributed by atoms with E-state index in [0.717, 1.165) is 0 Å². The van der Waals surface area contributed by atoms with Crippen LogP contribution in [0.5, 0.6) is 11.5 Å². The van der Waals surface area contributed by atoms with Crippen molar-refractivity contribution < 1.29 is 63.9 Å². The Morgan fingerprint density at radius 1 is 0.580 bits per heavy atom. The summed E-state index contributed by atoms with van der Waals surface area (Å²) in [6.45, 7) is -1.00. The summed E-state index contributed by atoms with van der Waals surface area (Å²) < 4.78 is 0. The Kier molecular flexibility index (Phi) is 15.6. The molecule has 270 valence electrons. The second kappa shape index (κ2) is 19.5. The third-order valence-electron chi connectivity index (χ3n) is 6.94. The minimum absolute atomic E-state index is 0.0887. The van der Waals surface area contributed by atoms with Crippen molar-refractivity contribution in [1.82, 2.24) is 26.6 Å². The van der Waals surface area contributed by atoms with Crippen LogP contribution in [0.25, 0.3) is 0 Å². The van der Waals surface area contributed by atoms with Gasteiger partial charge in [0, 0.05) is 19.3 Å². The number of aliphatic carboxylic acids is 3. The lowest BCUT2D eigenvalue weighted by molar-refractivity contribution is -0.143. The van der Waals surface area contributed by atoms with Crippen LogP contribution in [-0.2, 0) is 51.2 Å². The second-order valence-electron chi connectivity index (χ2n) is 10.9. The fraction of sp³-hybridized carbons (Fsp3) is 0.355. The Bertz CT molecular complexity index is 1550. The van der Waals surface area contributed by atoms with Gasteiger partial charge in [0.25, 0.3) is 0 Å². The first kappa shape index (κ1) is 39.9. The average Bonchev–Trinajstić information content (AvgIpc) is 3.05. The summed E-state index contributed by atoms with van der Waals surface area (Å²) in [7, 11) is 0. The van der Waals surface area contributed by atoms with Crippen molar-refractivity contribution >= 4 is 47.4 Å². The highest BCUT2D eigenvalue weighted by molar-refractivity contribution is 5.97. The van der Waals surface area contributed by atoms with Crippen LogP contribution in [0, 0.1) is 0 Å². The van der Waals surface area contributed by atoms with Gasteiger partial charge in [-0.2, -0.15) is 0 Å². The smallest absolute Gasteiger partial charge is 0.326 e. The number of nitrogens with two attached hydrogens (primary N) is 1. The molecule has 0 spiro atoms. The van der Waals surface area contributed by atoms with Crippen LogP contribution in [-0.4, -0.2) is 110 Å². The molecule has 0 aliphatic carbocycles. The van der Waals surface area contributed by atoms with E-state index in [9.17, 15) is 63.9 Å². The van der Waals surface area contributed by atoms with E-state index in [4.69, 9.17) is 5.73 Å². The van der Waals surface area contributed by atoms with Crippen molar-refractivity contribution in [2.24, 2.45) is 5.73 Å². The highest BCUT2D eigenvalue weighted by Crippen LogP contribution is 2.13. The molecule has 19 nitrogen and oxygen atoms in total. The number of benzene rings is 2. The second-order valence-corrected chi connectivity index (χ2v) is 10.9. The highest BCUT2D eigenvalue weighted by atomic mass is 16.4. The molecule has 2 aromatic carbocycles. The molecule has 0 radical (unpaired) electrons. The number of carbonyl (C=O) groups is 8. The van der Waals surface area contributed by atoms with E-state index >= 15 is 0 Å². The van der Waals surface area contributed by atoms with E-state index in [1.807, 2.05) is 0 Å². The largest absolute Gasteiger partial charge is 0.508 e. The number of hydrogen-bond acceptors (Lipinski definition) is 11. The first-order chi connectivity index (χ1) is 23.6. The zero-order valence-corrected chi connectivity index (χ0v) is 26.5. The number of carbonyl (C=O) groups excluding carboxylic acids is 5. The van der Waals surface area contributed by atoms with E-state index in [1.165, 1.54) is 48.5 Å². The summed E-state index contributed by atoms with van der Waals surface area (Å²) in [6.07, 6.45) is -2.75. The van der Waals surface area contributed by atoms with Crippen LogP contribution < -0.4 is 32.3 Å². The summed E-state index contributed by atoms with van der Waals surface area (Å²) in [5.74, 6) is -9.57. The molecule has 12 N–H and O–H groups in total. The molecule has 0 aromatic heterocycles. The molecule has 0 bridgehead atoms. The number of phenolic OH excluding ortho intramolecular Hbond substituents is 2. The van der Waals surface area contributed by atoms with Gasteiger partial charge < -0.3 is 57.9 Å². The SMILES string of the molecule is NCC(=O)NCC(=O)N[C@@H](Cc1ccc(O)cc1)C(=O)N[C@@H](CC(=O)O)C(=O)N[C@@H](CCC(=O)O)C(=O)N[C@@H](Cc1ccc(O)cc1)C(=O)O. The lowest BCUT2D eigenvalue weighted by atomic mass is 10.0. The molecule has 0 fully saturated rings. The summed E-state index contributed by atoms with van der Waals surface area (Å²) in [5, 5.41) is 58.6. The number of aromatic hydroxyl groups is 2. The van der Waals surface area contributed by atoms with Crippen LogP contribution >= 0.6 is 0 Å². The minimum Gasteiger partial charge on any atom is -0.508 e. The van der Waals surface area contributed by atoms with Crippen molar-refractivity contribution in [2.75, 3.05) is 13.1 Å². The molecule has 0 aliphatic heterocycles. The first-order valence-electron chi connectivity index (χ1n) is 15.0. The lowest BCUT2D eigenvalue weighted by Gasteiger charge is -2.25. The van der Waals surface area contributed by atoms with Crippen molar-refractivity contribution in [3.05, 3.63) is 59.7 Å². The fourth-order valence-corrected chi connectivity index (χ4v) is 4.38. The molecule has 0 unspecified atom stereocenters. The number of carboxylic acid groups (broad SMARTS) is 3. The molecule has 4 atom stereocenters. The molecule has 0 aliphatic rings. The van der Waals surface area contributed by atoms with Gasteiger partial charge in [0.15, 0.2) is 0 Å². The molecule has 2 rings (SSSR count).